The van der Waals surface area contributed by atoms with Crippen molar-refractivity contribution in [1.82, 2.24) is 15.0 Å². The summed E-state index contributed by atoms with van der Waals surface area (Å²) in [6.07, 6.45) is 3.98. The fourth-order valence-corrected chi connectivity index (χ4v) is 3.20. The molecular formula is C22H20FN5O. The Hall–Kier alpha value is -3.58. The molecule has 146 valence electrons. The first-order chi connectivity index (χ1) is 14.1. The molecule has 0 saturated heterocycles. The number of anilines is 1. The van der Waals surface area contributed by atoms with Crippen LogP contribution in [0.1, 0.15) is 13.3 Å². The second-order valence-electron chi connectivity index (χ2n) is 6.71. The third-order valence-electron chi connectivity index (χ3n) is 4.79. The zero-order chi connectivity index (χ0) is 20.4. The number of halogens is 1. The molecule has 4 rings (SSSR count). The number of fused-ring (bicyclic) bond motifs is 1. The van der Waals surface area contributed by atoms with Gasteiger partial charge in [0.25, 0.3) is 0 Å². The number of pyridine rings is 2. The van der Waals surface area contributed by atoms with Gasteiger partial charge in [0.15, 0.2) is 0 Å². The second-order valence-corrected chi connectivity index (χ2v) is 6.71. The molecule has 6 nitrogen and oxygen atoms in total. The average molecular weight is 389 g/mol. The van der Waals surface area contributed by atoms with Gasteiger partial charge in [0.05, 0.1) is 11.7 Å². The maximum atomic E-state index is 13.4. The van der Waals surface area contributed by atoms with E-state index in [1.54, 1.807) is 30.6 Å². The number of nitrogens with two attached hydrogens (primary N) is 1. The lowest BCUT2D eigenvalue weighted by molar-refractivity contribution is -0.117. The van der Waals surface area contributed by atoms with Crippen LogP contribution >= 0.6 is 0 Å². The number of amides is 1. The summed E-state index contributed by atoms with van der Waals surface area (Å²) in [5.41, 5.74) is 9.93. The molecule has 29 heavy (non-hydrogen) atoms. The van der Waals surface area contributed by atoms with E-state index in [0.29, 0.717) is 17.9 Å². The van der Waals surface area contributed by atoms with Crippen molar-refractivity contribution in [2.24, 2.45) is 5.73 Å². The minimum absolute atomic E-state index is 0.279. The van der Waals surface area contributed by atoms with Gasteiger partial charge in [-0.05, 0) is 66.1 Å². The standard InChI is InChI=1S/C22H20FN5O/c1-2-17(24)22(29)27-18-8-7-16-19(13-9-11-25-12-10-13)20(28-21(16)26-18)14-3-5-15(23)6-4-14/h3-12,17H,2,24H2,1H3,(H2,26,27,28,29)/t17-/m0/s1. The van der Waals surface area contributed by atoms with Crippen molar-refractivity contribution < 1.29 is 9.18 Å². The van der Waals surface area contributed by atoms with E-state index in [9.17, 15) is 9.18 Å². The Balaban J connectivity index is 1.85. The van der Waals surface area contributed by atoms with Gasteiger partial charge >= 0.3 is 0 Å². The molecule has 4 N–H and O–H groups in total. The van der Waals surface area contributed by atoms with Crippen molar-refractivity contribution >= 4 is 22.8 Å². The number of H-pyrrole nitrogens is 1. The van der Waals surface area contributed by atoms with Crippen molar-refractivity contribution in [3.8, 4) is 22.4 Å². The molecule has 0 aliphatic rings. The lowest BCUT2D eigenvalue weighted by Crippen LogP contribution is -2.35. The molecule has 3 heterocycles. The van der Waals surface area contributed by atoms with E-state index in [-0.39, 0.29) is 11.7 Å². The van der Waals surface area contributed by atoms with Gasteiger partial charge in [-0.2, -0.15) is 0 Å². The Morgan fingerprint density at radius 3 is 2.52 bits per heavy atom. The van der Waals surface area contributed by atoms with Gasteiger partial charge in [-0.1, -0.05) is 6.92 Å². The molecule has 0 radical (unpaired) electrons. The van der Waals surface area contributed by atoms with Crippen molar-refractivity contribution in [1.29, 1.82) is 0 Å². The summed E-state index contributed by atoms with van der Waals surface area (Å²) in [4.78, 5) is 24.1. The van der Waals surface area contributed by atoms with E-state index in [0.717, 1.165) is 27.8 Å². The lowest BCUT2D eigenvalue weighted by Gasteiger charge is -2.09. The van der Waals surface area contributed by atoms with Crippen LogP contribution in [0.15, 0.2) is 60.9 Å². The van der Waals surface area contributed by atoms with Crippen molar-refractivity contribution in [2.45, 2.75) is 19.4 Å². The first-order valence-corrected chi connectivity index (χ1v) is 9.32. The van der Waals surface area contributed by atoms with Gasteiger partial charge in [0.1, 0.15) is 17.3 Å². The molecule has 1 aromatic carbocycles. The summed E-state index contributed by atoms with van der Waals surface area (Å²) >= 11 is 0. The van der Waals surface area contributed by atoms with Gasteiger partial charge in [0, 0.05) is 23.3 Å². The number of carbonyl (C=O) groups excluding carboxylic acids is 1. The molecule has 7 heteroatoms. The Kier molecular flexibility index (Phi) is 5.05. The molecule has 0 saturated carbocycles. The Morgan fingerprint density at radius 1 is 1.10 bits per heavy atom. The van der Waals surface area contributed by atoms with Gasteiger partial charge in [-0.3, -0.25) is 9.78 Å². The minimum atomic E-state index is -0.585. The number of benzene rings is 1. The van der Waals surface area contributed by atoms with E-state index in [1.807, 2.05) is 25.1 Å². The van der Waals surface area contributed by atoms with Crippen LogP contribution in [-0.4, -0.2) is 26.9 Å². The van der Waals surface area contributed by atoms with E-state index in [2.05, 4.69) is 20.3 Å². The number of nitrogens with zero attached hydrogens (tertiary/aromatic N) is 2. The highest BCUT2D eigenvalue weighted by Crippen LogP contribution is 2.38. The molecule has 1 amide bonds. The highest BCUT2D eigenvalue weighted by Gasteiger charge is 2.18. The van der Waals surface area contributed by atoms with Crippen LogP contribution in [0.25, 0.3) is 33.4 Å². The van der Waals surface area contributed by atoms with Crippen LogP contribution in [0.2, 0.25) is 0 Å². The number of carbonyl (C=O) groups is 1. The first kappa shape index (κ1) is 18.8. The maximum absolute atomic E-state index is 13.4. The first-order valence-electron chi connectivity index (χ1n) is 9.32. The number of nitrogens with one attached hydrogen (secondary N) is 2. The zero-order valence-corrected chi connectivity index (χ0v) is 15.8. The summed E-state index contributed by atoms with van der Waals surface area (Å²) < 4.78 is 13.4. The van der Waals surface area contributed by atoms with Gasteiger partial charge < -0.3 is 16.0 Å². The lowest BCUT2D eigenvalue weighted by atomic mass is 10.00. The number of hydrogen-bond donors (Lipinski definition) is 3. The number of hydrogen-bond acceptors (Lipinski definition) is 4. The molecular weight excluding hydrogens is 369 g/mol. The van der Waals surface area contributed by atoms with Crippen molar-refractivity contribution in [3.63, 3.8) is 0 Å². The Bertz CT molecular complexity index is 1160. The topological polar surface area (TPSA) is 96.7 Å². The van der Waals surface area contributed by atoms with E-state index in [1.165, 1.54) is 12.1 Å². The molecule has 0 unspecified atom stereocenters. The van der Waals surface area contributed by atoms with Crippen molar-refractivity contribution in [3.05, 3.63) is 66.7 Å². The minimum Gasteiger partial charge on any atom is -0.339 e. The highest BCUT2D eigenvalue weighted by molar-refractivity contribution is 6.03. The van der Waals surface area contributed by atoms with Crippen LogP contribution < -0.4 is 11.1 Å². The molecule has 0 fully saturated rings. The smallest absolute Gasteiger partial charge is 0.242 e. The fourth-order valence-electron chi connectivity index (χ4n) is 3.20. The molecule has 4 aromatic rings. The van der Waals surface area contributed by atoms with Crippen molar-refractivity contribution in [2.75, 3.05) is 5.32 Å². The number of aromatic nitrogens is 3. The molecule has 3 aromatic heterocycles. The Morgan fingerprint density at radius 2 is 1.83 bits per heavy atom. The van der Waals surface area contributed by atoms with E-state index >= 15 is 0 Å². The zero-order valence-electron chi connectivity index (χ0n) is 15.8. The van der Waals surface area contributed by atoms with Crippen LogP contribution in [0.5, 0.6) is 0 Å². The van der Waals surface area contributed by atoms with Gasteiger partial charge in [0.2, 0.25) is 5.91 Å². The largest absolute Gasteiger partial charge is 0.339 e. The third kappa shape index (κ3) is 3.72. The summed E-state index contributed by atoms with van der Waals surface area (Å²) in [6.45, 7) is 1.85. The van der Waals surface area contributed by atoms with Gasteiger partial charge in [-0.25, -0.2) is 9.37 Å². The van der Waals surface area contributed by atoms with Crippen LogP contribution in [0.3, 0.4) is 0 Å². The molecule has 1 atom stereocenters. The normalized spacial score (nSPS) is 12.1. The van der Waals surface area contributed by atoms with E-state index in [4.69, 9.17) is 5.73 Å². The molecule has 0 aliphatic heterocycles. The highest BCUT2D eigenvalue weighted by atomic mass is 19.1. The maximum Gasteiger partial charge on any atom is 0.242 e. The summed E-state index contributed by atoms with van der Waals surface area (Å²) in [6, 6.07) is 13.1. The fraction of sp³-hybridized carbons (Fsp3) is 0.136. The summed E-state index contributed by atoms with van der Waals surface area (Å²) in [7, 11) is 0. The average Bonchev–Trinajstić information content (AvgIpc) is 3.13. The molecule has 0 bridgehead atoms. The quantitative estimate of drug-likeness (QED) is 0.479. The predicted molar refractivity (Wildman–Crippen MR) is 112 cm³/mol. The summed E-state index contributed by atoms with van der Waals surface area (Å²) in [5, 5.41) is 3.63. The third-order valence-corrected chi connectivity index (χ3v) is 4.79. The predicted octanol–water partition coefficient (Wildman–Crippen LogP) is 4.11. The number of aromatic amines is 1. The van der Waals surface area contributed by atoms with Crippen LogP contribution in [0, 0.1) is 5.82 Å². The number of rotatable bonds is 5. The second kappa shape index (κ2) is 7.81. The summed E-state index contributed by atoms with van der Waals surface area (Å²) in [5.74, 6) is -0.163. The SMILES string of the molecule is CC[C@H](N)C(=O)Nc1ccc2c(-c3ccncc3)c(-c3ccc(F)cc3)[nH]c2n1. The molecule has 0 spiro atoms. The monoisotopic (exact) mass is 389 g/mol. The molecule has 0 aliphatic carbocycles. The Labute approximate surface area is 167 Å². The van der Waals surface area contributed by atoms with Gasteiger partial charge in [-0.15, -0.1) is 0 Å². The van der Waals surface area contributed by atoms with Crippen LogP contribution in [-0.2, 0) is 4.79 Å². The van der Waals surface area contributed by atoms with Crippen LogP contribution in [0.4, 0.5) is 10.2 Å². The van der Waals surface area contributed by atoms with E-state index < -0.39 is 6.04 Å².